The lowest BCUT2D eigenvalue weighted by molar-refractivity contribution is 0.277. The van der Waals surface area contributed by atoms with Crippen LogP contribution in [0.4, 0.5) is 0 Å². The smallest absolute Gasteiger partial charge is 0.179 e. The molecular weight excluding hydrogens is 316 g/mol. The summed E-state index contributed by atoms with van der Waals surface area (Å²) in [5.74, 6) is 2.11. The van der Waals surface area contributed by atoms with Crippen molar-refractivity contribution in [1.82, 2.24) is 10.5 Å². The van der Waals surface area contributed by atoms with E-state index in [0.29, 0.717) is 42.8 Å². The molecule has 1 aromatic carbocycles. The zero-order valence-electron chi connectivity index (χ0n) is 13.8. The first-order chi connectivity index (χ1) is 11.1. The number of aryl methyl sites for hydroxylation is 1. The van der Waals surface area contributed by atoms with E-state index in [1.165, 1.54) is 0 Å². The van der Waals surface area contributed by atoms with Crippen LogP contribution in [0.5, 0.6) is 11.5 Å². The van der Waals surface area contributed by atoms with Crippen molar-refractivity contribution >= 4 is 11.6 Å². The van der Waals surface area contributed by atoms with E-state index in [1.807, 2.05) is 32.0 Å². The van der Waals surface area contributed by atoms with Crippen molar-refractivity contribution in [3.63, 3.8) is 0 Å². The van der Waals surface area contributed by atoms with Crippen LogP contribution in [0.3, 0.4) is 0 Å². The van der Waals surface area contributed by atoms with E-state index in [1.54, 1.807) is 0 Å². The van der Waals surface area contributed by atoms with Gasteiger partial charge in [-0.2, -0.15) is 0 Å². The van der Waals surface area contributed by atoms with E-state index in [2.05, 4.69) is 17.4 Å². The van der Waals surface area contributed by atoms with Gasteiger partial charge in [0.2, 0.25) is 0 Å². The van der Waals surface area contributed by atoms with Crippen molar-refractivity contribution in [2.45, 2.75) is 40.3 Å². The summed E-state index contributed by atoms with van der Waals surface area (Å²) in [6, 6.07) is 5.77. The highest BCUT2D eigenvalue weighted by atomic mass is 35.5. The van der Waals surface area contributed by atoms with Crippen LogP contribution in [0.15, 0.2) is 22.7 Å². The van der Waals surface area contributed by atoms with E-state index < -0.39 is 0 Å². The Labute approximate surface area is 141 Å². The van der Waals surface area contributed by atoms with Gasteiger partial charge in [-0.3, -0.25) is 0 Å². The number of halogens is 1. The van der Waals surface area contributed by atoms with Crippen molar-refractivity contribution in [2.75, 3.05) is 13.2 Å². The minimum absolute atomic E-state index is 0.563. The second-order valence-corrected chi connectivity index (χ2v) is 5.63. The van der Waals surface area contributed by atoms with Gasteiger partial charge in [-0.25, -0.2) is 0 Å². The molecule has 0 saturated carbocycles. The van der Waals surface area contributed by atoms with Gasteiger partial charge in [0.25, 0.3) is 0 Å². The molecule has 0 saturated heterocycles. The Hall–Kier alpha value is -1.72. The summed E-state index contributed by atoms with van der Waals surface area (Å²) in [6.45, 7) is 8.33. The largest absolute Gasteiger partial charge is 0.490 e. The first-order valence-corrected chi connectivity index (χ1v) is 8.22. The van der Waals surface area contributed by atoms with Gasteiger partial charge in [0.05, 0.1) is 23.9 Å². The molecule has 2 aromatic rings. The fourth-order valence-electron chi connectivity index (χ4n) is 2.17. The molecule has 2 rings (SSSR count). The SMILES string of the molecule is CCCOc1c(Cl)cc(CNCc2cc(C)on2)cc1OCC. The molecule has 1 aromatic heterocycles. The first kappa shape index (κ1) is 17.6. The predicted molar refractivity (Wildman–Crippen MR) is 90.2 cm³/mol. The summed E-state index contributed by atoms with van der Waals surface area (Å²) in [5.41, 5.74) is 1.91. The Bertz CT molecular complexity index is 628. The summed E-state index contributed by atoms with van der Waals surface area (Å²) in [5, 5.41) is 7.83. The van der Waals surface area contributed by atoms with Crippen LogP contribution in [0.25, 0.3) is 0 Å². The highest BCUT2D eigenvalue weighted by Crippen LogP contribution is 2.36. The average Bonchev–Trinajstić information content (AvgIpc) is 2.92. The molecule has 0 fully saturated rings. The van der Waals surface area contributed by atoms with Gasteiger partial charge < -0.3 is 19.3 Å². The molecule has 0 radical (unpaired) electrons. The second-order valence-electron chi connectivity index (χ2n) is 5.22. The van der Waals surface area contributed by atoms with Crippen molar-refractivity contribution in [3.8, 4) is 11.5 Å². The third-order valence-corrected chi connectivity index (χ3v) is 3.41. The molecule has 1 heterocycles. The van der Waals surface area contributed by atoms with E-state index in [-0.39, 0.29) is 0 Å². The summed E-state index contributed by atoms with van der Waals surface area (Å²) in [6.07, 6.45) is 0.919. The van der Waals surface area contributed by atoms with Gasteiger partial charge in [0.15, 0.2) is 11.5 Å². The maximum absolute atomic E-state index is 6.35. The fraction of sp³-hybridized carbons (Fsp3) is 0.471. The van der Waals surface area contributed by atoms with Gasteiger partial charge in [-0.05, 0) is 38.0 Å². The number of nitrogens with zero attached hydrogens (tertiary/aromatic N) is 1. The molecule has 0 atom stereocenters. The lowest BCUT2D eigenvalue weighted by Crippen LogP contribution is -2.13. The second kappa shape index (κ2) is 8.79. The molecule has 0 spiro atoms. The maximum atomic E-state index is 6.35. The fourth-order valence-corrected chi connectivity index (χ4v) is 2.45. The van der Waals surface area contributed by atoms with E-state index in [4.69, 9.17) is 25.6 Å². The third-order valence-electron chi connectivity index (χ3n) is 3.13. The van der Waals surface area contributed by atoms with Gasteiger partial charge in [-0.1, -0.05) is 23.7 Å². The number of hydrogen-bond donors (Lipinski definition) is 1. The number of nitrogens with one attached hydrogen (secondary N) is 1. The number of aromatic nitrogens is 1. The standard InChI is InChI=1S/C17H23ClN2O3/c1-4-6-22-17-15(18)8-13(9-16(17)21-5-2)10-19-11-14-7-12(3)23-20-14/h7-9,19H,4-6,10-11H2,1-3H3. The molecule has 6 heteroatoms. The Morgan fingerprint density at radius 3 is 2.65 bits per heavy atom. The topological polar surface area (TPSA) is 56.5 Å². The van der Waals surface area contributed by atoms with Crippen LogP contribution in [-0.4, -0.2) is 18.4 Å². The summed E-state index contributed by atoms with van der Waals surface area (Å²) < 4.78 is 16.4. The Kier molecular flexibility index (Phi) is 6.74. The van der Waals surface area contributed by atoms with Crippen LogP contribution in [0.1, 0.15) is 37.3 Å². The van der Waals surface area contributed by atoms with E-state index in [9.17, 15) is 0 Å². The number of hydrogen-bond acceptors (Lipinski definition) is 5. The van der Waals surface area contributed by atoms with Gasteiger partial charge >= 0.3 is 0 Å². The van der Waals surface area contributed by atoms with Crippen LogP contribution >= 0.6 is 11.6 Å². The molecule has 0 aliphatic rings. The molecule has 23 heavy (non-hydrogen) atoms. The lowest BCUT2D eigenvalue weighted by atomic mass is 10.2. The van der Waals surface area contributed by atoms with E-state index >= 15 is 0 Å². The first-order valence-electron chi connectivity index (χ1n) is 7.85. The van der Waals surface area contributed by atoms with Gasteiger partial charge in [0, 0.05) is 19.2 Å². The number of benzene rings is 1. The zero-order valence-corrected chi connectivity index (χ0v) is 14.6. The molecule has 0 amide bonds. The lowest BCUT2D eigenvalue weighted by Gasteiger charge is -2.15. The Morgan fingerprint density at radius 2 is 2.00 bits per heavy atom. The molecule has 5 nitrogen and oxygen atoms in total. The monoisotopic (exact) mass is 338 g/mol. The van der Waals surface area contributed by atoms with Crippen molar-refractivity contribution in [2.24, 2.45) is 0 Å². The van der Waals surface area contributed by atoms with E-state index in [0.717, 1.165) is 23.4 Å². The highest BCUT2D eigenvalue weighted by molar-refractivity contribution is 6.32. The maximum Gasteiger partial charge on any atom is 0.179 e. The zero-order chi connectivity index (χ0) is 16.7. The number of ether oxygens (including phenoxy) is 2. The molecule has 1 N–H and O–H groups in total. The minimum Gasteiger partial charge on any atom is -0.490 e. The van der Waals surface area contributed by atoms with Crippen molar-refractivity contribution in [1.29, 1.82) is 0 Å². The number of rotatable bonds is 9. The molecule has 126 valence electrons. The van der Waals surface area contributed by atoms with Crippen LogP contribution < -0.4 is 14.8 Å². The average molecular weight is 339 g/mol. The van der Waals surface area contributed by atoms with Crippen LogP contribution in [0.2, 0.25) is 5.02 Å². The summed E-state index contributed by atoms with van der Waals surface area (Å²) in [7, 11) is 0. The Balaban J connectivity index is 2.03. The minimum atomic E-state index is 0.563. The quantitative estimate of drug-likeness (QED) is 0.745. The molecule has 0 aliphatic carbocycles. The summed E-state index contributed by atoms with van der Waals surface area (Å²) in [4.78, 5) is 0. The molecule has 0 aliphatic heterocycles. The predicted octanol–water partition coefficient (Wildman–Crippen LogP) is 4.11. The van der Waals surface area contributed by atoms with Crippen molar-refractivity contribution < 1.29 is 14.0 Å². The third kappa shape index (κ3) is 5.15. The highest BCUT2D eigenvalue weighted by Gasteiger charge is 2.12. The van der Waals surface area contributed by atoms with Gasteiger partial charge in [0.1, 0.15) is 5.76 Å². The summed E-state index contributed by atoms with van der Waals surface area (Å²) >= 11 is 6.35. The molecular formula is C17H23ClN2O3. The Morgan fingerprint density at radius 1 is 1.17 bits per heavy atom. The van der Waals surface area contributed by atoms with Crippen LogP contribution in [-0.2, 0) is 13.1 Å². The van der Waals surface area contributed by atoms with Gasteiger partial charge in [-0.15, -0.1) is 0 Å². The van der Waals surface area contributed by atoms with Crippen molar-refractivity contribution in [3.05, 3.63) is 40.2 Å². The molecule has 0 unspecified atom stereocenters. The van der Waals surface area contributed by atoms with Crippen LogP contribution in [0, 0.1) is 6.92 Å². The normalized spacial score (nSPS) is 10.8. The molecule has 0 bridgehead atoms.